The average molecular weight is 359 g/mol. The molecule has 1 atom stereocenters. The van der Waals surface area contributed by atoms with Crippen molar-refractivity contribution in [1.29, 1.82) is 0 Å². The van der Waals surface area contributed by atoms with Crippen molar-refractivity contribution in [2.24, 2.45) is 0 Å². The van der Waals surface area contributed by atoms with Gasteiger partial charge in [-0.3, -0.25) is 0 Å². The minimum atomic E-state index is -1.00. The van der Waals surface area contributed by atoms with Crippen molar-refractivity contribution in [2.75, 3.05) is 20.3 Å². The van der Waals surface area contributed by atoms with Crippen LogP contribution in [0.5, 0.6) is 11.5 Å². The third-order valence-corrected chi connectivity index (χ3v) is 4.01. The van der Waals surface area contributed by atoms with Crippen LogP contribution in [0.4, 0.5) is 0 Å². The van der Waals surface area contributed by atoms with Crippen LogP contribution in [0.3, 0.4) is 0 Å². The molecule has 1 N–H and O–H groups in total. The van der Waals surface area contributed by atoms with Gasteiger partial charge in [-0.2, -0.15) is 0 Å². The number of ether oxygens (including phenoxy) is 3. The van der Waals surface area contributed by atoms with Crippen LogP contribution >= 0.6 is 15.9 Å². The van der Waals surface area contributed by atoms with Crippen molar-refractivity contribution in [3.05, 3.63) is 22.2 Å². The molecule has 1 aliphatic heterocycles. The minimum absolute atomic E-state index is 0.158. The molecule has 0 radical (unpaired) electrons. The van der Waals surface area contributed by atoms with Gasteiger partial charge < -0.3 is 19.3 Å². The number of hydrogen-bond acceptors (Lipinski definition) is 4. The molecule has 0 amide bonds. The second-order valence-electron chi connectivity index (χ2n) is 4.92. The highest BCUT2D eigenvalue weighted by Gasteiger charge is 2.17. The van der Waals surface area contributed by atoms with Crippen LogP contribution in [0, 0.1) is 0 Å². The molecule has 1 unspecified atom stereocenters. The Morgan fingerprint density at radius 1 is 1.52 bits per heavy atom. The van der Waals surface area contributed by atoms with Gasteiger partial charge in [-0.15, -0.1) is 0 Å². The molecule has 1 saturated heterocycles. The number of methoxy groups -OCH3 is 1. The van der Waals surface area contributed by atoms with Crippen LogP contribution in [0.1, 0.15) is 36.0 Å². The first-order valence-corrected chi connectivity index (χ1v) is 7.76. The van der Waals surface area contributed by atoms with Gasteiger partial charge >= 0.3 is 5.97 Å². The number of halogens is 1. The lowest BCUT2D eigenvalue weighted by atomic mass is 10.1. The van der Waals surface area contributed by atoms with Gasteiger partial charge in [0.15, 0.2) is 11.5 Å². The maximum absolute atomic E-state index is 11.0. The fourth-order valence-corrected chi connectivity index (χ4v) is 2.90. The van der Waals surface area contributed by atoms with E-state index in [0.717, 1.165) is 32.3 Å². The summed E-state index contributed by atoms with van der Waals surface area (Å²) < 4.78 is 17.1. The molecule has 21 heavy (non-hydrogen) atoms. The molecule has 1 aromatic carbocycles. The Kier molecular flexibility index (Phi) is 5.87. The third kappa shape index (κ3) is 4.35. The summed E-state index contributed by atoms with van der Waals surface area (Å²) in [7, 11) is 1.49. The van der Waals surface area contributed by atoms with Crippen LogP contribution in [0.15, 0.2) is 16.6 Å². The maximum atomic E-state index is 11.0. The van der Waals surface area contributed by atoms with E-state index in [1.54, 1.807) is 0 Å². The van der Waals surface area contributed by atoms with Crippen LogP contribution in [0.2, 0.25) is 0 Å². The van der Waals surface area contributed by atoms with E-state index < -0.39 is 5.97 Å². The fourth-order valence-electron chi connectivity index (χ4n) is 2.34. The number of carboxylic acid groups (broad SMARTS) is 1. The Hall–Kier alpha value is -1.27. The molecule has 5 nitrogen and oxygen atoms in total. The summed E-state index contributed by atoms with van der Waals surface area (Å²) in [6, 6.07) is 2.97. The molecule has 0 spiro atoms. The van der Waals surface area contributed by atoms with Crippen molar-refractivity contribution < 1.29 is 24.1 Å². The zero-order chi connectivity index (χ0) is 15.2. The zero-order valence-corrected chi connectivity index (χ0v) is 13.5. The number of hydrogen-bond donors (Lipinski definition) is 1. The molecule has 1 heterocycles. The molecule has 6 heteroatoms. The molecule has 1 fully saturated rings. The molecule has 116 valence electrons. The van der Waals surface area contributed by atoms with Crippen molar-refractivity contribution in [3.8, 4) is 11.5 Å². The average Bonchev–Trinajstić information content (AvgIpc) is 2.97. The van der Waals surface area contributed by atoms with E-state index >= 15 is 0 Å². The lowest BCUT2D eigenvalue weighted by Crippen LogP contribution is -2.08. The topological polar surface area (TPSA) is 65.0 Å². The second kappa shape index (κ2) is 7.66. The van der Waals surface area contributed by atoms with E-state index in [-0.39, 0.29) is 5.56 Å². The van der Waals surface area contributed by atoms with Crippen LogP contribution in [-0.2, 0) is 4.74 Å². The number of rotatable bonds is 7. The molecule has 2 rings (SSSR count). The lowest BCUT2D eigenvalue weighted by molar-refractivity contribution is 0.0696. The zero-order valence-electron chi connectivity index (χ0n) is 11.9. The predicted molar refractivity (Wildman–Crippen MR) is 81.4 cm³/mol. The predicted octanol–water partition coefficient (Wildman–Crippen LogP) is 3.49. The van der Waals surface area contributed by atoms with Crippen molar-refractivity contribution in [3.63, 3.8) is 0 Å². The molecule has 1 aromatic rings. The quantitative estimate of drug-likeness (QED) is 0.755. The van der Waals surface area contributed by atoms with E-state index in [1.807, 2.05) is 0 Å². The first kappa shape index (κ1) is 16.1. The molecule has 0 bridgehead atoms. The number of carboxylic acids is 1. The highest BCUT2D eigenvalue weighted by molar-refractivity contribution is 9.10. The SMILES string of the molecule is COc1cc(C(=O)O)cc(Br)c1OCCCC1CCCO1. The van der Waals surface area contributed by atoms with Crippen LogP contribution in [0.25, 0.3) is 0 Å². The van der Waals surface area contributed by atoms with Gasteiger partial charge in [0, 0.05) is 6.61 Å². The van der Waals surface area contributed by atoms with E-state index in [2.05, 4.69) is 15.9 Å². The summed E-state index contributed by atoms with van der Waals surface area (Å²) in [6.45, 7) is 1.41. The summed E-state index contributed by atoms with van der Waals surface area (Å²) in [5, 5.41) is 9.02. The second-order valence-corrected chi connectivity index (χ2v) is 5.77. The maximum Gasteiger partial charge on any atom is 0.335 e. The first-order valence-electron chi connectivity index (χ1n) is 6.97. The van der Waals surface area contributed by atoms with E-state index in [4.69, 9.17) is 19.3 Å². The number of benzene rings is 1. The number of carbonyl (C=O) groups is 1. The summed E-state index contributed by atoms with van der Waals surface area (Å²) in [4.78, 5) is 11.0. The molecule has 0 aliphatic carbocycles. The summed E-state index contributed by atoms with van der Waals surface area (Å²) >= 11 is 3.33. The van der Waals surface area contributed by atoms with E-state index in [0.29, 0.717) is 28.7 Å². The van der Waals surface area contributed by atoms with Crippen molar-refractivity contribution >= 4 is 21.9 Å². The van der Waals surface area contributed by atoms with Crippen LogP contribution < -0.4 is 9.47 Å². The first-order chi connectivity index (χ1) is 10.1. The highest BCUT2D eigenvalue weighted by Crippen LogP contribution is 2.36. The van der Waals surface area contributed by atoms with Crippen molar-refractivity contribution in [1.82, 2.24) is 0 Å². The van der Waals surface area contributed by atoms with Gasteiger partial charge in [-0.25, -0.2) is 4.79 Å². The van der Waals surface area contributed by atoms with Gasteiger partial charge in [0.25, 0.3) is 0 Å². The van der Waals surface area contributed by atoms with Crippen molar-refractivity contribution in [2.45, 2.75) is 31.8 Å². The highest BCUT2D eigenvalue weighted by atomic mass is 79.9. The summed E-state index contributed by atoms with van der Waals surface area (Å²) in [5.74, 6) is -0.0485. The third-order valence-electron chi connectivity index (χ3n) is 3.42. The van der Waals surface area contributed by atoms with Crippen LogP contribution in [-0.4, -0.2) is 37.5 Å². The Morgan fingerprint density at radius 2 is 2.33 bits per heavy atom. The summed E-state index contributed by atoms with van der Waals surface area (Å²) in [6.07, 6.45) is 4.49. The smallest absolute Gasteiger partial charge is 0.335 e. The normalized spacial score (nSPS) is 17.7. The minimum Gasteiger partial charge on any atom is -0.493 e. The Balaban J connectivity index is 1.93. The van der Waals surface area contributed by atoms with E-state index in [9.17, 15) is 4.79 Å². The van der Waals surface area contributed by atoms with Gasteiger partial charge in [0.05, 0.1) is 29.9 Å². The molecular weight excluding hydrogens is 340 g/mol. The van der Waals surface area contributed by atoms with Gasteiger partial charge in [0.2, 0.25) is 0 Å². The summed E-state index contributed by atoms with van der Waals surface area (Å²) in [5.41, 5.74) is 0.158. The standard InChI is InChI=1S/C15H19BrO5/c1-19-13-9-10(15(17)18)8-12(16)14(13)21-7-3-5-11-4-2-6-20-11/h8-9,11H,2-7H2,1H3,(H,17,18). The monoisotopic (exact) mass is 358 g/mol. The molecule has 1 aliphatic rings. The van der Waals surface area contributed by atoms with Gasteiger partial charge in [0.1, 0.15) is 0 Å². The molecular formula is C15H19BrO5. The molecule has 0 saturated carbocycles. The molecule has 0 aromatic heterocycles. The Bertz CT molecular complexity index is 497. The van der Waals surface area contributed by atoms with E-state index in [1.165, 1.54) is 19.2 Å². The largest absolute Gasteiger partial charge is 0.493 e. The Morgan fingerprint density at radius 3 is 2.95 bits per heavy atom. The number of aromatic carboxylic acids is 1. The Labute approximate surface area is 132 Å². The van der Waals surface area contributed by atoms with Gasteiger partial charge in [-0.1, -0.05) is 0 Å². The lowest BCUT2D eigenvalue weighted by Gasteiger charge is -2.14. The van der Waals surface area contributed by atoms with Gasteiger partial charge in [-0.05, 0) is 53.7 Å². The fraction of sp³-hybridized carbons (Fsp3) is 0.533.